The Hall–Kier alpha value is -1.58. The third-order valence-corrected chi connectivity index (χ3v) is 4.14. The van der Waals surface area contributed by atoms with Gasteiger partial charge >= 0.3 is 5.97 Å². The highest BCUT2D eigenvalue weighted by atomic mass is 79.9. The largest absolute Gasteiger partial charge is 0.480 e. The van der Waals surface area contributed by atoms with Crippen molar-refractivity contribution in [2.45, 2.75) is 12.8 Å². The van der Waals surface area contributed by atoms with Crippen molar-refractivity contribution in [2.24, 2.45) is 5.92 Å². The van der Waals surface area contributed by atoms with E-state index < -0.39 is 5.97 Å². The van der Waals surface area contributed by atoms with Gasteiger partial charge < -0.3 is 15.3 Å². The summed E-state index contributed by atoms with van der Waals surface area (Å²) < 4.78 is 0.902. The van der Waals surface area contributed by atoms with Gasteiger partial charge in [-0.15, -0.1) is 0 Å². The van der Waals surface area contributed by atoms with Gasteiger partial charge in [0.05, 0.1) is 17.8 Å². The van der Waals surface area contributed by atoms with Crippen LogP contribution in [0, 0.1) is 17.2 Å². The maximum Gasteiger partial charge on any atom is 0.317 e. The smallest absolute Gasteiger partial charge is 0.317 e. The quantitative estimate of drug-likeness (QED) is 0.850. The van der Waals surface area contributed by atoms with Gasteiger partial charge in [-0.3, -0.25) is 4.79 Å². The molecule has 1 aliphatic rings. The Morgan fingerprint density at radius 1 is 1.57 bits per heavy atom. The zero-order valence-corrected chi connectivity index (χ0v) is 13.3. The Kier molecular flexibility index (Phi) is 5.59. The molecular weight excluding hydrogens is 334 g/mol. The van der Waals surface area contributed by atoms with Gasteiger partial charge in [-0.25, -0.2) is 0 Å². The van der Waals surface area contributed by atoms with Gasteiger partial charge in [0.1, 0.15) is 6.07 Å². The van der Waals surface area contributed by atoms with Gasteiger partial charge in [0.2, 0.25) is 0 Å². The minimum atomic E-state index is -0.831. The molecule has 2 rings (SSSR count). The number of carbonyl (C=O) groups is 1. The molecule has 1 aliphatic heterocycles. The molecule has 0 saturated carbocycles. The summed E-state index contributed by atoms with van der Waals surface area (Å²) in [5, 5.41) is 20.9. The average Bonchev–Trinajstić information content (AvgIpc) is 2.47. The van der Waals surface area contributed by atoms with Crippen molar-refractivity contribution in [3.63, 3.8) is 0 Å². The highest BCUT2D eigenvalue weighted by molar-refractivity contribution is 9.10. The SMILES string of the molecule is N#Cc1cc(Br)ccc1N1CCCC(CNCC(=O)O)C1. The zero-order valence-electron chi connectivity index (χ0n) is 11.7. The van der Waals surface area contributed by atoms with Crippen molar-refractivity contribution in [1.82, 2.24) is 5.32 Å². The molecule has 0 aliphatic carbocycles. The van der Waals surface area contributed by atoms with Crippen LogP contribution in [0.15, 0.2) is 22.7 Å². The van der Waals surface area contributed by atoms with E-state index in [0.29, 0.717) is 18.0 Å². The van der Waals surface area contributed by atoms with Crippen molar-refractivity contribution in [3.05, 3.63) is 28.2 Å². The van der Waals surface area contributed by atoms with Gasteiger partial charge in [-0.05, 0) is 37.0 Å². The molecule has 112 valence electrons. The van der Waals surface area contributed by atoms with Gasteiger partial charge in [-0.2, -0.15) is 5.26 Å². The van der Waals surface area contributed by atoms with E-state index in [2.05, 4.69) is 32.2 Å². The normalized spacial score (nSPS) is 18.3. The highest BCUT2D eigenvalue weighted by Gasteiger charge is 2.21. The summed E-state index contributed by atoms with van der Waals surface area (Å²) in [5.41, 5.74) is 1.63. The second-order valence-corrected chi connectivity index (χ2v) is 6.17. The molecule has 1 aromatic carbocycles. The lowest BCUT2D eigenvalue weighted by atomic mass is 9.97. The van der Waals surface area contributed by atoms with Crippen molar-refractivity contribution < 1.29 is 9.90 Å². The van der Waals surface area contributed by atoms with E-state index in [1.807, 2.05) is 18.2 Å². The molecule has 1 saturated heterocycles. The first-order valence-corrected chi connectivity index (χ1v) is 7.76. The fourth-order valence-corrected chi connectivity index (χ4v) is 3.07. The molecule has 0 bridgehead atoms. The molecule has 1 aromatic rings. The maximum absolute atomic E-state index is 10.5. The molecule has 0 aromatic heterocycles. The molecule has 1 fully saturated rings. The van der Waals surface area contributed by atoms with Crippen molar-refractivity contribution in [3.8, 4) is 6.07 Å². The number of hydrogen-bond acceptors (Lipinski definition) is 4. The number of benzene rings is 1. The molecule has 0 radical (unpaired) electrons. The summed E-state index contributed by atoms with van der Waals surface area (Å²) in [6, 6.07) is 7.99. The number of nitrogens with zero attached hydrogens (tertiary/aromatic N) is 2. The highest BCUT2D eigenvalue weighted by Crippen LogP contribution is 2.28. The van der Waals surface area contributed by atoms with Crippen LogP contribution in [0.4, 0.5) is 5.69 Å². The van der Waals surface area contributed by atoms with Crippen molar-refractivity contribution in [1.29, 1.82) is 5.26 Å². The maximum atomic E-state index is 10.5. The van der Waals surface area contributed by atoms with Crippen LogP contribution in [0.3, 0.4) is 0 Å². The monoisotopic (exact) mass is 351 g/mol. The molecule has 0 amide bonds. The lowest BCUT2D eigenvalue weighted by Crippen LogP contribution is -2.40. The molecule has 0 spiro atoms. The summed E-state index contributed by atoms with van der Waals surface area (Å²) in [4.78, 5) is 12.8. The second-order valence-electron chi connectivity index (χ2n) is 5.25. The minimum absolute atomic E-state index is 0.00176. The first kappa shape index (κ1) is 15.8. The van der Waals surface area contributed by atoms with Gasteiger partial charge in [0, 0.05) is 24.1 Å². The lowest BCUT2D eigenvalue weighted by molar-refractivity contribution is -0.136. The first-order chi connectivity index (χ1) is 10.1. The Balaban J connectivity index is 2.01. The molecule has 1 unspecified atom stereocenters. The molecule has 5 nitrogen and oxygen atoms in total. The van der Waals surface area contributed by atoms with Crippen LogP contribution >= 0.6 is 15.9 Å². The van der Waals surface area contributed by atoms with E-state index in [1.54, 1.807) is 0 Å². The molecule has 21 heavy (non-hydrogen) atoms. The summed E-state index contributed by atoms with van der Waals surface area (Å²) in [6.07, 6.45) is 2.14. The number of anilines is 1. The third kappa shape index (κ3) is 4.45. The first-order valence-electron chi connectivity index (χ1n) is 6.97. The van der Waals surface area contributed by atoms with E-state index in [1.165, 1.54) is 0 Å². The Morgan fingerprint density at radius 2 is 2.38 bits per heavy atom. The predicted octanol–water partition coefficient (Wildman–Crippen LogP) is 2.21. The fourth-order valence-electron chi connectivity index (χ4n) is 2.71. The van der Waals surface area contributed by atoms with Gasteiger partial charge in [0.15, 0.2) is 0 Å². The Bertz CT molecular complexity index is 556. The number of nitrogens with one attached hydrogen (secondary N) is 1. The number of aliphatic carboxylic acids is 1. The Labute approximate surface area is 132 Å². The van der Waals surface area contributed by atoms with E-state index in [-0.39, 0.29) is 6.54 Å². The van der Waals surface area contributed by atoms with Gasteiger partial charge in [0.25, 0.3) is 0 Å². The van der Waals surface area contributed by atoms with Crippen LogP contribution in [0.2, 0.25) is 0 Å². The second kappa shape index (κ2) is 7.43. The number of carboxylic acid groups (broad SMARTS) is 1. The van der Waals surface area contributed by atoms with Crippen LogP contribution in [0.25, 0.3) is 0 Å². The molecule has 2 N–H and O–H groups in total. The van der Waals surface area contributed by atoms with E-state index in [9.17, 15) is 10.1 Å². The number of hydrogen-bond donors (Lipinski definition) is 2. The summed E-state index contributed by atoms with van der Waals surface area (Å²) >= 11 is 3.39. The van der Waals surface area contributed by atoms with Crippen LogP contribution in [-0.4, -0.2) is 37.3 Å². The average molecular weight is 352 g/mol. The summed E-state index contributed by atoms with van der Waals surface area (Å²) in [7, 11) is 0. The number of carboxylic acids is 1. The third-order valence-electron chi connectivity index (χ3n) is 3.65. The minimum Gasteiger partial charge on any atom is -0.480 e. The Morgan fingerprint density at radius 3 is 3.10 bits per heavy atom. The number of piperidine rings is 1. The van der Waals surface area contributed by atoms with Crippen LogP contribution < -0.4 is 10.2 Å². The summed E-state index contributed by atoms with van der Waals surface area (Å²) in [6.45, 7) is 2.48. The van der Waals surface area contributed by atoms with Crippen LogP contribution in [0.5, 0.6) is 0 Å². The summed E-state index contributed by atoms with van der Waals surface area (Å²) in [5.74, 6) is -0.421. The lowest BCUT2D eigenvalue weighted by Gasteiger charge is -2.35. The topological polar surface area (TPSA) is 76.4 Å². The van der Waals surface area contributed by atoms with Crippen LogP contribution in [0.1, 0.15) is 18.4 Å². The number of rotatable bonds is 5. The number of halogens is 1. The van der Waals surface area contributed by atoms with Crippen LogP contribution in [-0.2, 0) is 4.79 Å². The zero-order chi connectivity index (χ0) is 15.2. The number of nitriles is 1. The predicted molar refractivity (Wildman–Crippen MR) is 84.3 cm³/mol. The molecule has 1 atom stereocenters. The molecule has 6 heteroatoms. The molecular formula is C15H18BrN3O2. The standard InChI is InChI=1S/C15H18BrN3O2/c16-13-3-4-14(12(6-13)7-17)19-5-1-2-11(10-19)8-18-9-15(20)21/h3-4,6,11,18H,1-2,5,8-10H2,(H,20,21). The van der Waals surface area contributed by atoms with E-state index in [4.69, 9.17) is 5.11 Å². The molecule has 1 heterocycles. The van der Waals surface area contributed by atoms with E-state index in [0.717, 1.165) is 36.1 Å². The fraction of sp³-hybridized carbons (Fsp3) is 0.467. The van der Waals surface area contributed by atoms with Crippen molar-refractivity contribution in [2.75, 3.05) is 31.1 Å². The van der Waals surface area contributed by atoms with E-state index >= 15 is 0 Å². The van der Waals surface area contributed by atoms with Gasteiger partial charge in [-0.1, -0.05) is 15.9 Å². The van der Waals surface area contributed by atoms with Crippen molar-refractivity contribution >= 4 is 27.6 Å².